The zero-order chi connectivity index (χ0) is 8.81. The van der Waals surface area contributed by atoms with Crippen molar-refractivity contribution in [3.8, 4) is 12.3 Å². The first kappa shape index (κ1) is 9.35. The van der Waals surface area contributed by atoms with E-state index in [9.17, 15) is 5.11 Å². The SMILES string of the molecule is C#CCCC(O)C1CC=CCC1. The first-order chi connectivity index (χ1) is 5.84. The highest BCUT2D eigenvalue weighted by atomic mass is 16.3. The second-order valence-electron chi connectivity index (χ2n) is 3.35. The minimum atomic E-state index is -0.189. The quantitative estimate of drug-likeness (QED) is 0.500. The van der Waals surface area contributed by atoms with Crippen LogP contribution in [-0.4, -0.2) is 11.2 Å². The van der Waals surface area contributed by atoms with Crippen LogP contribution < -0.4 is 0 Å². The van der Waals surface area contributed by atoms with E-state index in [-0.39, 0.29) is 6.10 Å². The van der Waals surface area contributed by atoms with Crippen molar-refractivity contribution in [2.75, 3.05) is 0 Å². The van der Waals surface area contributed by atoms with Crippen LogP contribution in [0.4, 0.5) is 0 Å². The third kappa shape index (κ3) is 2.71. The summed E-state index contributed by atoms with van der Waals surface area (Å²) in [5, 5.41) is 9.68. The number of hydrogen-bond acceptors (Lipinski definition) is 1. The molecule has 1 nitrogen and oxygen atoms in total. The molecule has 0 spiro atoms. The Kier molecular flexibility index (Phi) is 3.90. The molecular weight excluding hydrogens is 148 g/mol. The van der Waals surface area contributed by atoms with E-state index in [4.69, 9.17) is 6.42 Å². The zero-order valence-corrected chi connectivity index (χ0v) is 7.37. The molecule has 1 heteroatoms. The minimum Gasteiger partial charge on any atom is -0.393 e. The highest BCUT2D eigenvalue weighted by molar-refractivity contribution is 4.93. The van der Waals surface area contributed by atoms with Gasteiger partial charge in [0.2, 0.25) is 0 Å². The second-order valence-corrected chi connectivity index (χ2v) is 3.35. The van der Waals surface area contributed by atoms with Gasteiger partial charge in [0.15, 0.2) is 0 Å². The summed E-state index contributed by atoms with van der Waals surface area (Å²) in [7, 11) is 0. The fourth-order valence-electron chi connectivity index (χ4n) is 1.63. The Bertz CT molecular complexity index is 188. The third-order valence-corrected chi connectivity index (χ3v) is 2.44. The molecule has 0 bridgehead atoms. The molecule has 0 radical (unpaired) electrons. The van der Waals surface area contributed by atoms with E-state index in [1.165, 1.54) is 0 Å². The van der Waals surface area contributed by atoms with Crippen LogP contribution in [0.15, 0.2) is 12.2 Å². The lowest BCUT2D eigenvalue weighted by molar-refractivity contribution is 0.0950. The minimum absolute atomic E-state index is 0.189. The molecule has 0 aromatic heterocycles. The number of aliphatic hydroxyl groups excluding tert-OH is 1. The smallest absolute Gasteiger partial charge is 0.0580 e. The maximum absolute atomic E-state index is 9.68. The summed E-state index contributed by atoms with van der Waals surface area (Å²) in [6, 6.07) is 0. The van der Waals surface area contributed by atoms with Gasteiger partial charge in [-0.1, -0.05) is 12.2 Å². The van der Waals surface area contributed by atoms with Crippen molar-refractivity contribution in [1.29, 1.82) is 0 Å². The molecule has 0 saturated heterocycles. The first-order valence-electron chi connectivity index (χ1n) is 4.61. The van der Waals surface area contributed by atoms with E-state index in [0.29, 0.717) is 12.3 Å². The Morgan fingerprint density at radius 2 is 2.42 bits per heavy atom. The molecule has 0 saturated carbocycles. The molecular formula is C11H16O. The number of hydrogen-bond donors (Lipinski definition) is 1. The Morgan fingerprint density at radius 3 is 3.00 bits per heavy atom. The molecule has 0 heterocycles. The maximum atomic E-state index is 9.68. The maximum Gasteiger partial charge on any atom is 0.0580 e. The molecule has 66 valence electrons. The topological polar surface area (TPSA) is 20.2 Å². The van der Waals surface area contributed by atoms with Crippen molar-refractivity contribution in [3.05, 3.63) is 12.2 Å². The lowest BCUT2D eigenvalue weighted by Crippen LogP contribution is -2.20. The van der Waals surface area contributed by atoms with E-state index in [0.717, 1.165) is 25.7 Å². The predicted octanol–water partition coefficient (Wildman–Crippen LogP) is 2.12. The molecule has 0 aromatic rings. The summed E-state index contributed by atoms with van der Waals surface area (Å²) in [6.07, 6.45) is 14.0. The molecule has 0 aromatic carbocycles. The summed E-state index contributed by atoms with van der Waals surface area (Å²) in [4.78, 5) is 0. The second kappa shape index (κ2) is 5.00. The number of aliphatic hydroxyl groups is 1. The Balaban J connectivity index is 2.27. The highest BCUT2D eigenvalue weighted by Gasteiger charge is 2.18. The van der Waals surface area contributed by atoms with Gasteiger partial charge < -0.3 is 5.11 Å². The summed E-state index contributed by atoms with van der Waals surface area (Å²) in [5.41, 5.74) is 0. The van der Waals surface area contributed by atoms with Crippen LogP contribution >= 0.6 is 0 Å². The van der Waals surface area contributed by atoms with Gasteiger partial charge in [-0.05, 0) is 31.6 Å². The molecule has 12 heavy (non-hydrogen) atoms. The highest BCUT2D eigenvalue weighted by Crippen LogP contribution is 2.23. The third-order valence-electron chi connectivity index (χ3n) is 2.44. The molecule has 1 aliphatic rings. The van der Waals surface area contributed by atoms with Crippen molar-refractivity contribution in [2.45, 2.75) is 38.2 Å². The Morgan fingerprint density at radius 1 is 1.58 bits per heavy atom. The lowest BCUT2D eigenvalue weighted by Gasteiger charge is -2.22. The van der Waals surface area contributed by atoms with Crippen LogP contribution in [0.25, 0.3) is 0 Å². The standard InChI is InChI=1S/C11H16O/c1-2-3-9-11(12)10-7-5-4-6-8-10/h1,4-5,10-12H,3,6-9H2. The van der Waals surface area contributed by atoms with Crippen LogP contribution in [0.2, 0.25) is 0 Å². The summed E-state index contributed by atoms with van der Waals surface area (Å²) < 4.78 is 0. The van der Waals surface area contributed by atoms with Crippen LogP contribution in [0.1, 0.15) is 32.1 Å². The van der Waals surface area contributed by atoms with Crippen molar-refractivity contribution in [3.63, 3.8) is 0 Å². The predicted molar refractivity (Wildman–Crippen MR) is 50.6 cm³/mol. The van der Waals surface area contributed by atoms with E-state index >= 15 is 0 Å². The van der Waals surface area contributed by atoms with Gasteiger partial charge in [0, 0.05) is 6.42 Å². The van der Waals surface area contributed by atoms with Crippen molar-refractivity contribution < 1.29 is 5.11 Å². The molecule has 1 N–H and O–H groups in total. The van der Waals surface area contributed by atoms with Gasteiger partial charge in [-0.3, -0.25) is 0 Å². The fraction of sp³-hybridized carbons (Fsp3) is 0.636. The summed E-state index contributed by atoms with van der Waals surface area (Å²) >= 11 is 0. The van der Waals surface area contributed by atoms with Crippen LogP contribution in [-0.2, 0) is 0 Å². The monoisotopic (exact) mass is 164 g/mol. The fourth-order valence-corrected chi connectivity index (χ4v) is 1.63. The zero-order valence-electron chi connectivity index (χ0n) is 7.37. The number of allylic oxidation sites excluding steroid dienone is 2. The van der Waals surface area contributed by atoms with Crippen LogP contribution in [0.5, 0.6) is 0 Å². The van der Waals surface area contributed by atoms with Gasteiger partial charge in [-0.2, -0.15) is 0 Å². The van der Waals surface area contributed by atoms with Gasteiger partial charge in [-0.25, -0.2) is 0 Å². The van der Waals surface area contributed by atoms with Crippen molar-refractivity contribution in [1.82, 2.24) is 0 Å². The first-order valence-corrected chi connectivity index (χ1v) is 4.61. The molecule has 2 unspecified atom stereocenters. The number of rotatable bonds is 3. The van der Waals surface area contributed by atoms with E-state index in [2.05, 4.69) is 18.1 Å². The van der Waals surface area contributed by atoms with Gasteiger partial charge in [0.1, 0.15) is 0 Å². The average Bonchev–Trinajstić information content (AvgIpc) is 2.15. The lowest BCUT2D eigenvalue weighted by atomic mass is 9.87. The van der Waals surface area contributed by atoms with Crippen LogP contribution in [0.3, 0.4) is 0 Å². The normalized spacial score (nSPS) is 24.8. The Labute approximate surface area is 74.5 Å². The molecule has 1 aliphatic carbocycles. The Hall–Kier alpha value is -0.740. The van der Waals surface area contributed by atoms with Gasteiger partial charge in [-0.15, -0.1) is 12.3 Å². The van der Waals surface area contributed by atoms with Gasteiger partial charge in [0.25, 0.3) is 0 Å². The molecule has 0 amide bonds. The number of terminal acetylenes is 1. The van der Waals surface area contributed by atoms with Crippen molar-refractivity contribution in [2.24, 2.45) is 5.92 Å². The van der Waals surface area contributed by atoms with E-state index in [1.54, 1.807) is 0 Å². The molecule has 0 aliphatic heterocycles. The average molecular weight is 164 g/mol. The van der Waals surface area contributed by atoms with Gasteiger partial charge in [0.05, 0.1) is 6.10 Å². The van der Waals surface area contributed by atoms with Crippen molar-refractivity contribution >= 4 is 0 Å². The molecule has 1 rings (SSSR count). The molecule has 0 fully saturated rings. The van der Waals surface area contributed by atoms with Gasteiger partial charge >= 0.3 is 0 Å². The van der Waals surface area contributed by atoms with E-state index < -0.39 is 0 Å². The molecule has 2 atom stereocenters. The van der Waals surface area contributed by atoms with E-state index in [1.807, 2.05) is 0 Å². The summed E-state index contributed by atoms with van der Waals surface area (Å²) in [6.45, 7) is 0. The largest absolute Gasteiger partial charge is 0.393 e. The summed E-state index contributed by atoms with van der Waals surface area (Å²) in [5.74, 6) is 3.01. The van der Waals surface area contributed by atoms with Crippen LogP contribution in [0, 0.1) is 18.3 Å².